The fraction of sp³-hybridized carbons (Fsp3) is 0.0588. The van der Waals surface area contributed by atoms with Gasteiger partial charge in [-0.15, -0.1) is 0 Å². The largest absolute Gasteiger partial charge is 0.424 e. The molecule has 0 unspecified atom stereocenters. The van der Waals surface area contributed by atoms with Gasteiger partial charge in [-0.05, 0) is 48.4 Å². The number of hydrogen-bond acceptors (Lipinski definition) is 3. The first-order chi connectivity index (χ1) is 11.0. The lowest BCUT2D eigenvalue weighted by atomic mass is 10.1. The van der Waals surface area contributed by atoms with Gasteiger partial charge in [-0.25, -0.2) is 9.36 Å². The number of benzene rings is 2. The van der Waals surface area contributed by atoms with Crippen LogP contribution in [-0.4, -0.2) is 10.5 Å². The summed E-state index contributed by atoms with van der Waals surface area (Å²) in [7, 11) is 0. The molecule has 0 saturated heterocycles. The average Bonchev–Trinajstić information content (AvgIpc) is 2.83. The number of halogens is 1. The maximum Gasteiger partial charge on any atom is 0.424 e. The molecule has 0 saturated carbocycles. The Hall–Kier alpha value is -2.79. The van der Waals surface area contributed by atoms with Crippen molar-refractivity contribution < 1.29 is 9.21 Å². The van der Waals surface area contributed by atoms with Gasteiger partial charge >= 0.3 is 5.76 Å². The fourth-order valence-corrected chi connectivity index (χ4v) is 2.55. The van der Waals surface area contributed by atoms with E-state index in [1.807, 2.05) is 6.92 Å². The van der Waals surface area contributed by atoms with Crippen molar-refractivity contribution in [1.29, 1.82) is 0 Å². The summed E-state index contributed by atoms with van der Waals surface area (Å²) in [6.45, 7) is 1.83. The minimum absolute atomic E-state index is 0.450. The summed E-state index contributed by atoms with van der Waals surface area (Å²) in [5.74, 6) is -1.04. The van der Waals surface area contributed by atoms with Crippen LogP contribution in [0.25, 0.3) is 22.9 Å². The van der Waals surface area contributed by atoms with E-state index in [0.717, 1.165) is 11.1 Å². The third kappa shape index (κ3) is 2.78. The van der Waals surface area contributed by atoms with Crippen molar-refractivity contribution in [2.24, 2.45) is 5.73 Å². The van der Waals surface area contributed by atoms with E-state index in [0.29, 0.717) is 21.8 Å². The zero-order chi connectivity index (χ0) is 16.6. The van der Waals surface area contributed by atoms with Crippen LogP contribution in [0, 0.1) is 6.92 Å². The Morgan fingerprint density at radius 3 is 2.83 bits per heavy atom. The number of hydrogen-bond donors (Lipinski definition) is 1. The summed E-state index contributed by atoms with van der Waals surface area (Å²) in [4.78, 5) is 23.1. The molecule has 5 nitrogen and oxygen atoms in total. The van der Waals surface area contributed by atoms with E-state index in [2.05, 4.69) is 0 Å². The predicted molar refractivity (Wildman–Crippen MR) is 89.8 cm³/mol. The van der Waals surface area contributed by atoms with Crippen molar-refractivity contribution in [3.8, 4) is 5.69 Å². The second-order valence-corrected chi connectivity index (χ2v) is 5.46. The molecule has 2 aromatic carbocycles. The highest BCUT2D eigenvalue weighted by Gasteiger charge is 2.14. The maximum absolute atomic E-state index is 12.2. The van der Waals surface area contributed by atoms with Gasteiger partial charge in [-0.2, -0.15) is 0 Å². The number of fused-ring (bicyclic) bond motifs is 1. The second kappa shape index (κ2) is 5.78. The Morgan fingerprint density at radius 1 is 1.30 bits per heavy atom. The van der Waals surface area contributed by atoms with Gasteiger partial charge in [-0.1, -0.05) is 23.7 Å². The Bertz CT molecular complexity index is 999. The van der Waals surface area contributed by atoms with Crippen LogP contribution in [-0.2, 0) is 4.79 Å². The van der Waals surface area contributed by atoms with E-state index in [1.54, 1.807) is 42.5 Å². The molecule has 0 aliphatic carbocycles. The number of aromatic nitrogens is 1. The van der Waals surface area contributed by atoms with Crippen molar-refractivity contribution in [3.63, 3.8) is 0 Å². The Balaban J connectivity index is 2.26. The van der Waals surface area contributed by atoms with Gasteiger partial charge in [0.15, 0.2) is 5.58 Å². The molecular weight excluding hydrogens is 316 g/mol. The normalized spacial score (nSPS) is 11.4. The van der Waals surface area contributed by atoms with Crippen LogP contribution in [0.15, 0.2) is 51.7 Å². The Kier molecular flexibility index (Phi) is 3.80. The quantitative estimate of drug-likeness (QED) is 0.750. The summed E-state index contributed by atoms with van der Waals surface area (Å²) in [5.41, 5.74) is 8.29. The molecule has 0 atom stereocenters. The maximum atomic E-state index is 12.2. The van der Waals surface area contributed by atoms with Crippen molar-refractivity contribution in [2.45, 2.75) is 6.92 Å². The molecule has 0 radical (unpaired) electrons. The molecule has 0 fully saturated rings. The molecule has 0 aliphatic heterocycles. The first-order valence-corrected chi connectivity index (χ1v) is 7.24. The number of nitrogens with zero attached hydrogens (tertiary/aromatic N) is 1. The lowest BCUT2D eigenvalue weighted by molar-refractivity contribution is -0.113. The van der Waals surface area contributed by atoms with Crippen molar-refractivity contribution >= 4 is 34.7 Å². The van der Waals surface area contributed by atoms with Crippen molar-refractivity contribution in [1.82, 2.24) is 4.57 Å². The number of carbonyl (C=O) groups is 1. The zero-order valence-corrected chi connectivity index (χ0v) is 13.0. The summed E-state index contributed by atoms with van der Waals surface area (Å²) in [6.07, 6.45) is 2.84. The first kappa shape index (κ1) is 15.1. The highest BCUT2D eigenvalue weighted by molar-refractivity contribution is 6.31. The van der Waals surface area contributed by atoms with Crippen LogP contribution in [0.1, 0.15) is 11.1 Å². The first-order valence-electron chi connectivity index (χ1n) is 6.86. The van der Waals surface area contributed by atoms with Gasteiger partial charge in [0.05, 0.1) is 11.2 Å². The summed E-state index contributed by atoms with van der Waals surface area (Å²) >= 11 is 6.14. The Labute approximate surface area is 136 Å². The third-order valence-corrected chi connectivity index (χ3v) is 3.93. The molecule has 2 N–H and O–H groups in total. The van der Waals surface area contributed by atoms with E-state index in [-0.39, 0.29) is 0 Å². The van der Waals surface area contributed by atoms with E-state index >= 15 is 0 Å². The lowest BCUT2D eigenvalue weighted by Crippen LogP contribution is -2.13. The molecule has 116 valence electrons. The van der Waals surface area contributed by atoms with E-state index in [4.69, 9.17) is 21.8 Å². The smallest absolute Gasteiger partial charge is 0.407 e. The van der Waals surface area contributed by atoms with E-state index in [1.165, 1.54) is 10.6 Å². The fourth-order valence-electron chi connectivity index (χ4n) is 2.38. The van der Waals surface area contributed by atoms with Crippen LogP contribution in [0.2, 0.25) is 5.02 Å². The molecule has 6 heteroatoms. The molecule has 3 rings (SSSR count). The average molecular weight is 329 g/mol. The van der Waals surface area contributed by atoms with E-state index in [9.17, 15) is 9.59 Å². The van der Waals surface area contributed by atoms with Gasteiger partial charge in [0, 0.05) is 11.1 Å². The summed E-state index contributed by atoms with van der Waals surface area (Å²) in [6, 6.07) is 10.5. The van der Waals surface area contributed by atoms with Crippen LogP contribution in [0.4, 0.5) is 0 Å². The SMILES string of the molecule is Cc1c(Cl)cccc1-n1c(=O)oc2ccc(/C=C/C(N)=O)cc21. The number of nitrogens with two attached hydrogens (primary N) is 1. The number of rotatable bonds is 3. The number of carbonyl (C=O) groups excluding carboxylic acids is 1. The lowest BCUT2D eigenvalue weighted by Gasteiger charge is -2.08. The molecule has 0 bridgehead atoms. The second-order valence-electron chi connectivity index (χ2n) is 5.05. The van der Waals surface area contributed by atoms with Crippen molar-refractivity contribution in [3.05, 3.63) is 69.2 Å². The molecule has 0 aliphatic rings. The van der Waals surface area contributed by atoms with Crippen LogP contribution >= 0.6 is 11.6 Å². The van der Waals surface area contributed by atoms with E-state index < -0.39 is 11.7 Å². The summed E-state index contributed by atoms with van der Waals surface area (Å²) in [5, 5.41) is 0.563. The molecule has 23 heavy (non-hydrogen) atoms. The van der Waals surface area contributed by atoms with Gasteiger partial charge in [-0.3, -0.25) is 4.79 Å². The van der Waals surface area contributed by atoms with Crippen LogP contribution in [0.5, 0.6) is 0 Å². The minimum Gasteiger partial charge on any atom is -0.407 e. The van der Waals surface area contributed by atoms with Crippen LogP contribution in [0.3, 0.4) is 0 Å². The van der Waals surface area contributed by atoms with Gasteiger partial charge in [0.2, 0.25) is 5.91 Å². The topological polar surface area (TPSA) is 78.2 Å². The molecule has 1 heterocycles. The molecule has 0 spiro atoms. The predicted octanol–water partition coefficient (Wildman–Crippen LogP) is 3.04. The van der Waals surface area contributed by atoms with Gasteiger partial charge in [0.25, 0.3) is 0 Å². The molecule has 1 aromatic heterocycles. The highest BCUT2D eigenvalue weighted by atomic mass is 35.5. The van der Waals surface area contributed by atoms with Gasteiger partial charge < -0.3 is 10.2 Å². The molecule has 1 amide bonds. The number of oxazole rings is 1. The minimum atomic E-state index is -0.541. The molecule has 3 aromatic rings. The van der Waals surface area contributed by atoms with Crippen LogP contribution < -0.4 is 11.5 Å². The monoisotopic (exact) mass is 328 g/mol. The number of primary amides is 1. The third-order valence-electron chi connectivity index (χ3n) is 3.52. The zero-order valence-electron chi connectivity index (χ0n) is 12.2. The van der Waals surface area contributed by atoms with Crippen molar-refractivity contribution in [2.75, 3.05) is 0 Å². The molecular formula is C17H13ClN2O3. The highest BCUT2D eigenvalue weighted by Crippen LogP contribution is 2.25. The number of amides is 1. The Morgan fingerprint density at radius 2 is 2.09 bits per heavy atom. The van der Waals surface area contributed by atoms with Gasteiger partial charge in [0.1, 0.15) is 0 Å². The summed E-state index contributed by atoms with van der Waals surface area (Å²) < 4.78 is 6.73. The standard InChI is InChI=1S/C17H13ClN2O3/c1-10-12(18)3-2-4-13(10)20-14-9-11(6-8-16(19)21)5-7-15(14)23-17(20)22/h2-9H,1H3,(H2,19,21)/b8-6+.